The van der Waals surface area contributed by atoms with Gasteiger partial charge in [-0.3, -0.25) is 4.79 Å². The van der Waals surface area contributed by atoms with Crippen molar-refractivity contribution in [1.29, 1.82) is 0 Å². The zero-order valence-corrected chi connectivity index (χ0v) is 13.5. The van der Waals surface area contributed by atoms with Gasteiger partial charge in [-0.2, -0.15) is 5.10 Å². The standard InChI is InChI=1S/C17H14BrFN2O/c1-11(22)21-17(12-5-3-2-4-6-12)10-16(20-21)14-9-13(18)7-8-15(14)19/h2-9,17H,10H2,1H3/t17-/m1/s1. The van der Waals surface area contributed by atoms with E-state index in [2.05, 4.69) is 21.0 Å². The highest BCUT2D eigenvalue weighted by molar-refractivity contribution is 9.10. The summed E-state index contributed by atoms with van der Waals surface area (Å²) >= 11 is 3.35. The Kier molecular flexibility index (Phi) is 4.07. The van der Waals surface area contributed by atoms with E-state index < -0.39 is 0 Å². The summed E-state index contributed by atoms with van der Waals surface area (Å²) < 4.78 is 14.9. The van der Waals surface area contributed by atoms with Gasteiger partial charge < -0.3 is 0 Å². The molecular weight excluding hydrogens is 347 g/mol. The normalized spacial score (nSPS) is 17.5. The summed E-state index contributed by atoms with van der Waals surface area (Å²) in [5.41, 5.74) is 2.01. The molecule has 3 nitrogen and oxygen atoms in total. The van der Waals surface area contributed by atoms with Crippen LogP contribution in [0.2, 0.25) is 0 Å². The molecule has 1 aliphatic heterocycles. The average Bonchev–Trinajstić information content (AvgIpc) is 2.96. The molecule has 22 heavy (non-hydrogen) atoms. The van der Waals surface area contributed by atoms with E-state index >= 15 is 0 Å². The summed E-state index contributed by atoms with van der Waals surface area (Å²) in [5.74, 6) is -0.488. The van der Waals surface area contributed by atoms with Crippen LogP contribution >= 0.6 is 15.9 Å². The number of hydrazone groups is 1. The number of benzene rings is 2. The molecule has 0 saturated carbocycles. The molecule has 0 radical (unpaired) electrons. The van der Waals surface area contributed by atoms with E-state index in [0.717, 1.165) is 10.0 Å². The van der Waals surface area contributed by atoms with Gasteiger partial charge >= 0.3 is 0 Å². The number of hydrogen-bond acceptors (Lipinski definition) is 2. The van der Waals surface area contributed by atoms with Crippen molar-refractivity contribution in [3.8, 4) is 0 Å². The quantitative estimate of drug-likeness (QED) is 0.786. The van der Waals surface area contributed by atoms with E-state index in [9.17, 15) is 9.18 Å². The van der Waals surface area contributed by atoms with Crippen molar-refractivity contribution in [2.45, 2.75) is 19.4 Å². The molecule has 112 valence electrons. The first-order valence-corrected chi connectivity index (χ1v) is 7.73. The van der Waals surface area contributed by atoms with Crippen molar-refractivity contribution in [3.63, 3.8) is 0 Å². The molecule has 1 atom stereocenters. The maximum absolute atomic E-state index is 14.1. The van der Waals surface area contributed by atoms with Gasteiger partial charge in [0.25, 0.3) is 0 Å². The number of halogens is 2. The maximum atomic E-state index is 14.1. The van der Waals surface area contributed by atoms with Crippen molar-refractivity contribution in [2.24, 2.45) is 5.10 Å². The van der Waals surface area contributed by atoms with Crippen molar-refractivity contribution >= 4 is 27.5 Å². The van der Waals surface area contributed by atoms with Crippen LogP contribution in [0.25, 0.3) is 0 Å². The van der Waals surface area contributed by atoms with Gasteiger partial charge in [0.2, 0.25) is 5.91 Å². The Morgan fingerprint density at radius 3 is 2.68 bits per heavy atom. The topological polar surface area (TPSA) is 32.7 Å². The first kappa shape index (κ1) is 14.9. The Bertz CT molecular complexity index is 746. The van der Waals surface area contributed by atoms with Crippen LogP contribution in [0.3, 0.4) is 0 Å². The molecule has 0 N–H and O–H groups in total. The van der Waals surface area contributed by atoms with Gasteiger partial charge in [0.1, 0.15) is 5.82 Å². The highest BCUT2D eigenvalue weighted by atomic mass is 79.9. The Morgan fingerprint density at radius 1 is 1.27 bits per heavy atom. The molecule has 0 aromatic heterocycles. The number of carbonyl (C=O) groups excluding carboxylic acids is 1. The molecule has 0 unspecified atom stereocenters. The van der Waals surface area contributed by atoms with Gasteiger partial charge in [-0.15, -0.1) is 0 Å². The maximum Gasteiger partial charge on any atom is 0.240 e. The Balaban J connectivity index is 2.00. The van der Waals surface area contributed by atoms with Gasteiger partial charge in [0.05, 0.1) is 11.8 Å². The van der Waals surface area contributed by atoms with Crippen LogP contribution in [0, 0.1) is 5.82 Å². The lowest BCUT2D eigenvalue weighted by molar-refractivity contribution is -0.130. The fraction of sp³-hybridized carbons (Fsp3) is 0.176. The average molecular weight is 361 g/mol. The third-order valence-corrected chi connectivity index (χ3v) is 4.15. The monoisotopic (exact) mass is 360 g/mol. The van der Waals surface area contributed by atoms with Crippen LogP contribution in [-0.4, -0.2) is 16.6 Å². The highest BCUT2D eigenvalue weighted by Gasteiger charge is 2.32. The predicted molar refractivity (Wildman–Crippen MR) is 87.0 cm³/mol. The SMILES string of the molecule is CC(=O)N1N=C(c2cc(Br)ccc2F)C[C@@H]1c1ccccc1. The fourth-order valence-corrected chi connectivity index (χ4v) is 2.98. The van der Waals surface area contributed by atoms with E-state index in [1.165, 1.54) is 18.0 Å². The van der Waals surface area contributed by atoms with Gasteiger partial charge in [-0.1, -0.05) is 46.3 Å². The van der Waals surface area contributed by atoms with E-state index in [1.54, 1.807) is 12.1 Å². The molecule has 2 aromatic carbocycles. The Morgan fingerprint density at radius 2 is 2.00 bits per heavy atom. The van der Waals surface area contributed by atoms with Crippen LogP contribution in [0.5, 0.6) is 0 Å². The van der Waals surface area contributed by atoms with Gasteiger partial charge in [0, 0.05) is 23.4 Å². The molecule has 0 aliphatic carbocycles. The number of amides is 1. The van der Waals surface area contributed by atoms with Crippen molar-refractivity contribution in [3.05, 3.63) is 69.9 Å². The zero-order chi connectivity index (χ0) is 15.7. The molecule has 1 heterocycles. The van der Waals surface area contributed by atoms with Crippen LogP contribution in [0.1, 0.15) is 30.5 Å². The third kappa shape index (κ3) is 2.81. The number of rotatable bonds is 2. The van der Waals surface area contributed by atoms with E-state index in [-0.39, 0.29) is 17.8 Å². The minimum atomic E-state index is -0.334. The molecule has 3 rings (SSSR count). The second kappa shape index (κ2) is 6.01. The summed E-state index contributed by atoms with van der Waals surface area (Å²) in [6, 6.07) is 14.2. The Hall–Kier alpha value is -2.01. The van der Waals surface area contributed by atoms with Crippen molar-refractivity contribution in [2.75, 3.05) is 0 Å². The van der Waals surface area contributed by atoms with Gasteiger partial charge in [-0.05, 0) is 23.8 Å². The summed E-state index contributed by atoms with van der Waals surface area (Å²) in [7, 11) is 0. The molecule has 0 saturated heterocycles. The van der Waals surface area contributed by atoms with E-state index in [0.29, 0.717) is 17.7 Å². The van der Waals surface area contributed by atoms with Gasteiger partial charge in [0.15, 0.2) is 0 Å². The summed E-state index contributed by atoms with van der Waals surface area (Å²) in [4.78, 5) is 11.9. The molecule has 0 spiro atoms. The number of nitrogens with zero attached hydrogens (tertiary/aromatic N) is 2. The lowest BCUT2D eigenvalue weighted by Gasteiger charge is -2.20. The third-order valence-electron chi connectivity index (χ3n) is 3.66. The first-order valence-electron chi connectivity index (χ1n) is 6.94. The van der Waals surface area contributed by atoms with Gasteiger partial charge in [-0.25, -0.2) is 9.40 Å². The second-order valence-electron chi connectivity index (χ2n) is 5.17. The minimum Gasteiger partial charge on any atom is -0.273 e. The Labute approximate surface area is 136 Å². The zero-order valence-electron chi connectivity index (χ0n) is 12.0. The molecule has 1 amide bonds. The van der Waals surface area contributed by atoms with Crippen LogP contribution in [0.4, 0.5) is 4.39 Å². The molecule has 0 fully saturated rings. The van der Waals surface area contributed by atoms with Crippen LogP contribution < -0.4 is 0 Å². The largest absolute Gasteiger partial charge is 0.273 e. The minimum absolute atomic E-state index is 0.153. The number of carbonyl (C=O) groups is 1. The first-order chi connectivity index (χ1) is 10.6. The summed E-state index contributed by atoms with van der Waals surface area (Å²) in [6.07, 6.45) is 0.497. The fourth-order valence-electron chi connectivity index (χ4n) is 2.62. The molecule has 5 heteroatoms. The van der Waals surface area contributed by atoms with Crippen molar-refractivity contribution in [1.82, 2.24) is 5.01 Å². The lowest BCUT2D eigenvalue weighted by Crippen LogP contribution is -2.24. The molecular formula is C17H14BrFN2O. The smallest absolute Gasteiger partial charge is 0.240 e. The molecule has 2 aromatic rings. The number of hydrogen-bond donors (Lipinski definition) is 0. The molecule has 0 bridgehead atoms. The van der Waals surface area contributed by atoms with Crippen LogP contribution in [0.15, 0.2) is 58.1 Å². The van der Waals surface area contributed by atoms with E-state index in [4.69, 9.17) is 0 Å². The second-order valence-corrected chi connectivity index (χ2v) is 6.08. The van der Waals surface area contributed by atoms with Crippen molar-refractivity contribution < 1.29 is 9.18 Å². The lowest BCUT2D eigenvalue weighted by atomic mass is 9.98. The van der Waals surface area contributed by atoms with E-state index in [1.807, 2.05) is 30.3 Å². The van der Waals surface area contributed by atoms with Crippen LogP contribution in [-0.2, 0) is 4.79 Å². The highest BCUT2D eigenvalue weighted by Crippen LogP contribution is 2.33. The summed E-state index contributed by atoms with van der Waals surface area (Å²) in [5, 5.41) is 5.79. The predicted octanol–water partition coefficient (Wildman–Crippen LogP) is 4.29. The molecule has 1 aliphatic rings. The summed E-state index contributed by atoms with van der Waals surface area (Å²) in [6.45, 7) is 1.47.